The quantitative estimate of drug-likeness (QED) is 0.373. The van der Waals surface area contributed by atoms with E-state index >= 15 is 0 Å². The molecule has 3 nitrogen and oxygen atoms in total. The number of fused-ring (bicyclic) bond motifs is 3. The SMILES string of the molecule is Cc1ccc2c(n1)oc1c(-c3cc(-c4ccccc4)cc[n+]3C)c(C)ccc12. The molecule has 0 unspecified atom stereocenters. The molecule has 0 bridgehead atoms. The van der Waals surface area contributed by atoms with E-state index in [1.807, 2.05) is 19.1 Å². The lowest BCUT2D eigenvalue weighted by Gasteiger charge is -2.08. The van der Waals surface area contributed by atoms with E-state index in [1.165, 1.54) is 16.7 Å². The summed E-state index contributed by atoms with van der Waals surface area (Å²) in [6.07, 6.45) is 2.11. The van der Waals surface area contributed by atoms with Crippen molar-refractivity contribution >= 4 is 22.1 Å². The van der Waals surface area contributed by atoms with Crippen molar-refractivity contribution in [2.75, 3.05) is 0 Å². The maximum Gasteiger partial charge on any atom is 0.227 e. The van der Waals surface area contributed by atoms with E-state index in [9.17, 15) is 0 Å². The largest absolute Gasteiger partial charge is 0.437 e. The average Bonchev–Trinajstić information content (AvgIpc) is 3.06. The second-order valence-electron chi connectivity index (χ2n) is 7.32. The van der Waals surface area contributed by atoms with E-state index < -0.39 is 0 Å². The zero-order valence-corrected chi connectivity index (χ0v) is 16.2. The minimum absolute atomic E-state index is 0.698. The number of aromatic nitrogens is 2. The topological polar surface area (TPSA) is 29.9 Å². The number of nitrogens with zero attached hydrogens (tertiary/aromatic N) is 2. The third-order valence-electron chi connectivity index (χ3n) is 5.37. The van der Waals surface area contributed by atoms with E-state index in [1.54, 1.807) is 0 Å². The molecule has 0 amide bonds. The van der Waals surface area contributed by atoms with Gasteiger partial charge in [0.15, 0.2) is 11.8 Å². The van der Waals surface area contributed by atoms with Gasteiger partial charge in [-0.2, -0.15) is 0 Å². The van der Waals surface area contributed by atoms with E-state index in [4.69, 9.17) is 4.42 Å². The fourth-order valence-electron chi connectivity index (χ4n) is 3.86. The molecule has 0 N–H and O–H groups in total. The fraction of sp³-hybridized carbons (Fsp3) is 0.120. The summed E-state index contributed by atoms with van der Waals surface area (Å²) in [7, 11) is 2.08. The molecular weight excluding hydrogens is 344 g/mol. The van der Waals surface area contributed by atoms with Crippen molar-refractivity contribution in [1.29, 1.82) is 0 Å². The molecule has 5 aromatic rings. The average molecular weight is 365 g/mol. The second kappa shape index (κ2) is 6.31. The van der Waals surface area contributed by atoms with Gasteiger partial charge in [-0.1, -0.05) is 42.5 Å². The summed E-state index contributed by atoms with van der Waals surface area (Å²) in [5.41, 5.74) is 8.38. The van der Waals surface area contributed by atoms with Crippen LogP contribution in [-0.4, -0.2) is 4.98 Å². The van der Waals surface area contributed by atoms with Gasteiger partial charge in [0.1, 0.15) is 7.05 Å². The number of pyridine rings is 2. The Kier molecular flexibility index (Phi) is 3.76. The van der Waals surface area contributed by atoms with Gasteiger partial charge < -0.3 is 4.42 Å². The molecule has 3 aromatic heterocycles. The fourth-order valence-corrected chi connectivity index (χ4v) is 3.86. The molecule has 0 saturated heterocycles. The van der Waals surface area contributed by atoms with Gasteiger partial charge in [0.2, 0.25) is 11.4 Å². The summed E-state index contributed by atoms with van der Waals surface area (Å²) >= 11 is 0. The van der Waals surface area contributed by atoms with Gasteiger partial charge in [-0.3, -0.25) is 0 Å². The van der Waals surface area contributed by atoms with Crippen LogP contribution in [0.3, 0.4) is 0 Å². The van der Waals surface area contributed by atoms with Crippen LogP contribution in [-0.2, 0) is 7.05 Å². The number of aryl methyl sites for hydroxylation is 3. The van der Waals surface area contributed by atoms with E-state index in [2.05, 4.69) is 84.3 Å². The molecule has 5 rings (SSSR count). The Hall–Kier alpha value is -3.46. The van der Waals surface area contributed by atoms with Crippen molar-refractivity contribution in [3.05, 3.63) is 84.2 Å². The van der Waals surface area contributed by atoms with E-state index in [0.29, 0.717) is 5.71 Å². The van der Waals surface area contributed by atoms with Crippen LogP contribution in [0.1, 0.15) is 11.3 Å². The van der Waals surface area contributed by atoms with Crippen LogP contribution in [0.25, 0.3) is 44.5 Å². The van der Waals surface area contributed by atoms with Crippen molar-refractivity contribution in [3.63, 3.8) is 0 Å². The Morgan fingerprint density at radius 1 is 0.821 bits per heavy atom. The van der Waals surface area contributed by atoms with Crippen LogP contribution in [0.5, 0.6) is 0 Å². The maximum atomic E-state index is 6.28. The first kappa shape index (κ1) is 16.7. The van der Waals surface area contributed by atoms with Gasteiger partial charge >= 0.3 is 0 Å². The van der Waals surface area contributed by atoms with Crippen LogP contribution < -0.4 is 4.57 Å². The van der Waals surface area contributed by atoms with Crippen LogP contribution in [0.2, 0.25) is 0 Å². The van der Waals surface area contributed by atoms with Crippen molar-refractivity contribution in [2.24, 2.45) is 7.05 Å². The minimum atomic E-state index is 0.698. The summed E-state index contributed by atoms with van der Waals surface area (Å²) in [5, 5.41) is 2.16. The molecule has 0 atom stereocenters. The minimum Gasteiger partial charge on any atom is -0.437 e. The van der Waals surface area contributed by atoms with E-state index in [-0.39, 0.29) is 0 Å². The first-order valence-electron chi connectivity index (χ1n) is 9.47. The van der Waals surface area contributed by atoms with Crippen LogP contribution in [0.4, 0.5) is 0 Å². The van der Waals surface area contributed by atoms with Crippen molar-refractivity contribution < 1.29 is 8.98 Å². The Balaban J connectivity index is 1.82. The van der Waals surface area contributed by atoms with Crippen LogP contribution >= 0.6 is 0 Å². The summed E-state index contributed by atoms with van der Waals surface area (Å²) in [5.74, 6) is 0. The molecular formula is C25H21N2O+. The first-order valence-corrected chi connectivity index (χ1v) is 9.47. The lowest BCUT2D eigenvalue weighted by molar-refractivity contribution is -0.660. The number of benzene rings is 2. The van der Waals surface area contributed by atoms with Gasteiger partial charge in [0.05, 0.1) is 5.56 Å². The Bertz CT molecular complexity index is 1330. The summed E-state index contributed by atoms with van der Waals surface area (Å²) in [6.45, 7) is 4.12. The second-order valence-corrected chi connectivity index (χ2v) is 7.32. The molecule has 28 heavy (non-hydrogen) atoms. The molecule has 3 heterocycles. The molecule has 0 aliphatic rings. The molecule has 0 spiro atoms. The third-order valence-corrected chi connectivity index (χ3v) is 5.37. The van der Waals surface area contributed by atoms with Crippen molar-refractivity contribution in [3.8, 4) is 22.4 Å². The molecule has 0 radical (unpaired) electrons. The predicted molar refractivity (Wildman–Crippen MR) is 113 cm³/mol. The molecule has 2 aromatic carbocycles. The van der Waals surface area contributed by atoms with Crippen molar-refractivity contribution in [1.82, 2.24) is 4.98 Å². The Labute approximate surface area is 163 Å². The zero-order valence-electron chi connectivity index (χ0n) is 16.2. The normalized spacial score (nSPS) is 11.4. The Morgan fingerprint density at radius 3 is 2.43 bits per heavy atom. The highest BCUT2D eigenvalue weighted by molar-refractivity contribution is 6.08. The number of rotatable bonds is 2. The summed E-state index contributed by atoms with van der Waals surface area (Å²) in [6, 6.07) is 23.3. The molecule has 0 saturated carbocycles. The van der Waals surface area contributed by atoms with Gasteiger partial charge in [0, 0.05) is 28.6 Å². The number of hydrogen-bond donors (Lipinski definition) is 0. The van der Waals surface area contributed by atoms with Crippen molar-refractivity contribution in [2.45, 2.75) is 13.8 Å². The molecule has 136 valence electrons. The smallest absolute Gasteiger partial charge is 0.227 e. The Morgan fingerprint density at radius 2 is 1.61 bits per heavy atom. The number of furan rings is 1. The van der Waals surface area contributed by atoms with Crippen LogP contribution in [0, 0.1) is 13.8 Å². The zero-order chi connectivity index (χ0) is 19.3. The number of hydrogen-bond acceptors (Lipinski definition) is 2. The maximum absolute atomic E-state index is 6.28. The third kappa shape index (κ3) is 2.59. The molecule has 3 heteroatoms. The molecule has 0 fully saturated rings. The first-order chi connectivity index (χ1) is 13.6. The van der Waals surface area contributed by atoms with Gasteiger partial charge in [-0.05, 0) is 42.7 Å². The van der Waals surface area contributed by atoms with E-state index in [0.717, 1.165) is 33.3 Å². The van der Waals surface area contributed by atoms with Gasteiger partial charge in [0.25, 0.3) is 0 Å². The highest BCUT2D eigenvalue weighted by Gasteiger charge is 2.21. The van der Waals surface area contributed by atoms with Gasteiger partial charge in [-0.25, -0.2) is 9.55 Å². The van der Waals surface area contributed by atoms with Crippen LogP contribution in [0.15, 0.2) is 77.3 Å². The molecule has 0 aliphatic carbocycles. The highest BCUT2D eigenvalue weighted by Crippen LogP contribution is 2.37. The molecule has 0 aliphatic heterocycles. The predicted octanol–water partition coefficient (Wildman–Crippen LogP) is 5.76. The lowest BCUT2D eigenvalue weighted by atomic mass is 9.98. The monoisotopic (exact) mass is 365 g/mol. The summed E-state index contributed by atoms with van der Waals surface area (Å²) in [4.78, 5) is 4.59. The highest BCUT2D eigenvalue weighted by atomic mass is 16.3. The van der Waals surface area contributed by atoms with Gasteiger partial charge in [-0.15, -0.1) is 0 Å². The standard InChI is InChI=1S/C25H21N2O/c1-16-9-11-20-21-12-10-17(2)26-25(21)28-24(20)23(16)22-15-19(13-14-27(22)3)18-7-5-4-6-8-18/h4-15H,1-3H3/q+1. The lowest BCUT2D eigenvalue weighted by Crippen LogP contribution is -2.30. The summed E-state index contributed by atoms with van der Waals surface area (Å²) < 4.78 is 8.43.